The van der Waals surface area contributed by atoms with E-state index in [9.17, 15) is 4.79 Å². The van der Waals surface area contributed by atoms with Gasteiger partial charge in [0.05, 0.1) is 6.04 Å². The third kappa shape index (κ3) is 3.94. The summed E-state index contributed by atoms with van der Waals surface area (Å²) in [5, 5.41) is 19.5. The molecule has 1 amide bonds. The Balaban J connectivity index is 1.60. The molecule has 0 aliphatic rings. The molecule has 1 aromatic carbocycles. The molecule has 1 atom stereocenters. The first-order chi connectivity index (χ1) is 11.1. The topological polar surface area (TPSA) is 72.7 Å². The lowest BCUT2D eigenvalue weighted by Crippen LogP contribution is -2.30. The van der Waals surface area contributed by atoms with Gasteiger partial charge in [-0.15, -0.1) is 10.2 Å². The molecule has 0 aliphatic carbocycles. The summed E-state index contributed by atoms with van der Waals surface area (Å²) in [5.74, 6) is 0.339. The molecule has 8 heteroatoms. The molecule has 6 nitrogen and oxygen atoms in total. The Hall–Kier alpha value is -2.25. The second-order valence-corrected chi connectivity index (χ2v) is 6.21. The van der Waals surface area contributed by atoms with Crippen LogP contribution in [0.25, 0.3) is 11.4 Å². The smallest absolute Gasteiger partial charge is 0.244 e. The quantitative estimate of drug-likeness (QED) is 0.770. The number of amides is 1. The summed E-state index contributed by atoms with van der Waals surface area (Å²) in [6, 6.07) is 9.15. The van der Waals surface area contributed by atoms with Crippen molar-refractivity contribution in [2.45, 2.75) is 19.5 Å². The van der Waals surface area contributed by atoms with E-state index in [2.05, 4.69) is 20.7 Å². The lowest BCUT2D eigenvalue weighted by molar-refractivity contribution is -0.122. The van der Waals surface area contributed by atoms with Crippen molar-refractivity contribution >= 4 is 28.8 Å². The molecular formula is C15H14ClN5OS. The zero-order chi connectivity index (χ0) is 16.2. The van der Waals surface area contributed by atoms with Crippen LogP contribution in [-0.4, -0.2) is 26.1 Å². The number of thiophene rings is 1. The standard InChI is InChI=1S/C15H14ClN5OS/c1-10(11-2-4-13(16)5-3-11)17-14(22)8-21-19-15(18-20-21)12-6-7-23-9-12/h2-7,9-10H,8H2,1H3,(H,17,22)/t10-/m1/s1. The monoisotopic (exact) mass is 347 g/mol. The van der Waals surface area contributed by atoms with Crippen molar-refractivity contribution in [3.05, 3.63) is 51.7 Å². The minimum Gasteiger partial charge on any atom is -0.348 e. The summed E-state index contributed by atoms with van der Waals surface area (Å²) in [7, 11) is 0. The van der Waals surface area contributed by atoms with Crippen LogP contribution in [0, 0.1) is 0 Å². The van der Waals surface area contributed by atoms with E-state index in [0.717, 1.165) is 11.1 Å². The van der Waals surface area contributed by atoms with Crippen LogP contribution in [0.2, 0.25) is 5.02 Å². The summed E-state index contributed by atoms with van der Waals surface area (Å²) in [6.45, 7) is 1.93. The SMILES string of the molecule is C[C@@H](NC(=O)Cn1nnc(-c2ccsc2)n1)c1ccc(Cl)cc1. The molecule has 23 heavy (non-hydrogen) atoms. The molecule has 2 heterocycles. The number of nitrogens with one attached hydrogen (secondary N) is 1. The van der Waals surface area contributed by atoms with Crippen molar-refractivity contribution in [2.24, 2.45) is 0 Å². The molecule has 3 rings (SSSR count). The fraction of sp³-hybridized carbons (Fsp3) is 0.200. The second kappa shape index (κ2) is 6.89. The lowest BCUT2D eigenvalue weighted by atomic mass is 10.1. The fourth-order valence-electron chi connectivity index (χ4n) is 2.07. The molecule has 2 aromatic heterocycles. The van der Waals surface area contributed by atoms with E-state index in [0.29, 0.717) is 10.8 Å². The number of hydrogen-bond donors (Lipinski definition) is 1. The number of tetrazole rings is 1. The van der Waals surface area contributed by atoms with E-state index >= 15 is 0 Å². The number of hydrogen-bond acceptors (Lipinski definition) is 5. The maximum Gasteiger partial charge on any atom is 0.244 e. The Bertz CT molecular complexity index is 785. The molecule has 0 radical (unpaired) electrons. The number of rotatable bonds is 5. The highest BCUT2D eigenvalue weighted by molar-refractivity contribution is 7.08. The summed E-state index contributed by atoms with van der Waals surface area (Å²) in [6.07, 6.45) is 0. The van der Waals surface area contributed by atoms with E-state index in [1.165, 1.54) is 4.80 Å². The maximum absolute atomic E-state index is 12.1. The van der Waals surface area contributed by atoms with Gasteiger partial charge in [-0.1, -0.05) is 23.7 Å². The first-order valence-electron chi connectivity index (χ1n) is 6.97. The molecule has 3 aromatic rings. The number of benzene rings is 1. The predicted octanol–water partition coefficient (Wildman–Crippen LogP) is 2.93. The van der Waals surface area contributed by atoms with Gasteiger partial charge in [-0.05, 0) is 41.3 Å². The van der Waals surface area contributed by atoms with Crippen LogP contribution in [0.4, 0.5) is 0 Å². The van der Waals surface area contributed by atoms with Crippen LogP contribution in [-0.2, 0) is 11.3 Å². The van der Waals surface area contributed by atoms with E-state index in [1.54, 1.807) is 23.5 Å². The van der Waals surface area contributed by atoms with Crippen molar-refractivity contribution in [1.82, 2.24) is 25.5 Å². The minimum absolute atomic E-state index is 0.0229. The van der Waals surface area contributed by atoms with Gasteiger partial charge in [0.15, 0.2) is 0 Å². The molecule has 0 saturated heterocycles. The number of nitrogens with zero attached hydrogens (tertiary/aromatic N) is 4. The zero-order valence-corrected chi connectivity index (χ0v) is 13.9. The van der Waals surface area contributed by atoms with Gasteiger partial charge in [-0.3, -0.25) is 4.79 Å². The van der Waals surface area contributed by atoms with Crippen molar-refractivity contribution in [3.63, 3.8) is 0 Å². The third-order valence-corrected chi connectivity index (χ3v) is 4.20. The first kappa shape index (κ1) is 15.6. The summed E-state index contributed by atoms with van der Waals surface area (Å²) in [5.41, 5.74) is 1.88. The fourth-order valence-corrected chi connectivity index (χ4v) is 2.83. The van der Waals surface area contributed by atoms with Gasteiger partial charge in [0.1, 0.15) is 6.54 Å². The Labute approximate surface area is 142 Å². The molecule has 0 unspecified atom stereocenters. The van der Waals surface area contributed by atoms with Gasteiger partial charge in [-0.2, -0.15) is 16.1 Å². The Morgan fingerprint density at radius 2 is 2.13 bits per heavy atom. The maximum atomic E-state index is 12.1. The largest absolute Gasteiger partial charge is 0.348 e. The van der Waals surface area contributed by atoms with Crippen molar-refractivity contribution in [2.75, 3.05) is 0 Å². The predicted molar refractivity (Wildman–Crippen MR) is 89.1 cm³/mol. The second-order valence-electron chi connectivity index (χ2n) is 5.00. The van der Waals surface area contributed by atoms with Crippen LogP contribution < -0.4 is 5.32 Å². The number of carbonyl (C=O) groups excluding carboxylic acids is 1. The summed E-state index contributed by atoms with van der Waals surface area (Å²) >= 11 is 7.42. The molecule has 0 bridgehead atoms. The Morgan fingerprint density at radius 1 is 1.35 bits per heavy atom. The van der Waals surface area contributed by atoms with Crippen LogP contribution in [0.15, 0.2) is 41.1 Å². The Kier molecular flexibility index (Phi) is 4.68. The van der Waals surface area contributed by atoms with Crippen LogP contribution in [0.5, 0.6) is 0 Å². The molecule has 118 valence electrons. The van der Waals surface area contributed by atoms with E-state index in [4.69, 9.17) is 11.6 Å². The highest BCUT2D eigenvalue weighted by atomic mass is 35.5. The van der Waals surface area contributed by atoms with Gasteiger partial charge in [0, 0.05) is 16.0 Å². The van der Waals surface area contributed by atoms with Crippen molar-refractivity contribution in [1.29, 1.82) is 0 Å². The number of carbonyl (C=O) groups is 1. The van der Waals surface area contributed by atoms with E-state index < -0.39 is 0 Å². The normalized spacial score (nSPS) is 12.1. The van der Waals surface area contributed by atoms with Crippen LogP contribution >= 0.6 is 22.9 Å². The summed E-state index contributed by atoms with van der Waals surface area (Å²) in [4.78, 5) is 13.4. The van der Waals surface area contributed by atoms with Gasteiger partial charge in [0.2, 0.25) is 11.7 Å². The van der Waals surface area contributed by atoms with Crippen molar-refractivity contribution < 1.29 is 4.79 Å². The molecule has 0 spiro atoms. The van der Waals surface area contributed by atoms with E-state index in [-0.39, 0.29) is 18.5 Å². The molecule has 1 N–H and O–H groups in total. The highest BCUT2D eigenvalue weighted by Gasteiger charge is 2.12. The van der Waals surface area contributed by atoms with Gasteiger partial charge in [0.25, 0.3) is 0 Å². The van der Waals surface area contributed by atoms with Crippen LogP contribution in [0.3, 0.4) is 0 Å². The molecular weight excluding hydrogens is 334 g/mol. The summed E-state index contributed by atoms with van der Waals surface area (Å²) < 4.78 is 0. The Morgan fingerprint density at radius 3 is 2.83 bits per heavy atom. The lowest BCUT2D eigenvalue weighted by Gasteiger charge is -2.14. The highest BCUT2D eigenvalue weighted by Crippen LogP contribution is 2.17. The average molecular weight is 348 g/mol. The van der Waals surface area contributed by atoms with E-state index in [1.807, 2.05) is 35.9 Å². The average Bonchev–Trinajstić information content (AvgIpc) is 3.18. The molecule has 0 fully saturated rings. The molecule has 0 saturated carbocycles. The molecule has 0 aliphatic heterocycles. The van der Waals surface area contributed by atoms with Gasteiger partial charge >= 0.3 is 0 Å². The van der Waals surface area contributed by atoms with Crippen LogP contribution in [0.1, 0.15) is 18.5 Å². The minimum atomic E-state index is -0.179. The van der Waals surface area contributed by atoms with Gasteiger partial charge in [-0.25, -0.2) is 0 Å². The van der Waals surface area contributed by atoms with Gasteiger partial charge < -0.3 is 5.32 Å². The number of halogens is 1. The van der Waals surface area contributed by atoms with Crippen molar-refractivity contribution in [3.8, 4) is 11.4 Å². The zero-order valence-electron chi connectivity index (χ0n) is 12.3. The third-order valence-electron chi connectivity index (χ3n) is 3.26. The first-order valence-corrected chi connectivity index (χ1v) is 8.29. The number of aromatic nitrogens is 4.